The Hall–Kier alpha value is -2.95. The van der Waals surface area contributed by atoms with Gasteiger partial charge in [0.25, 0.3) is 0 Å². The Morgan fingerprint density at radius 1 is 1.08 bits per heavy atom. The average molecular weight is 334 g/mol. The van der Waals surface area contributed by atoms with Gasteiger partial charge in [-0.3, -0.25) is 9.78 Å². The molecule has 0 bridgehead atoms. The Kier molecular flexibility index (Phi) is 5.57. The Morgan fingerprint density at radius 2 is 1.88 bits per heavy atom. The molecule has 0 aliphatic heterocycles. The molecule has 0 radical (unpaired) electrons. The summed E-state index contributed by atoms with van der Waals surface area (Å²) in [5, 5.41) is 3.04. The number of carbonyl (C=O) groups excluding carboxylic acids is 1. The van der Waals surface area contributed by atoms with Gasteiger partial charge in [-0.05, 0) is 24.1 Å². The van der Waals surface area contributed by atoms with Crippen LogP contribution in [0.2, 0.25) is 0 Å². The van der Waals surface area contributed by atoms with Crippen LogP contribution in [0, 0.1) is 0 Å². The summed E-state index contributed by atoms with van der Waals surface area (Å²) in [7, 11) is 0. The Balaban J connectivity index is 1.60. The molecule has 2 heterocycles. The maximum Gasteiger partial charge on any atom is 0.227 e. The van der Waals surface area contributed by atoms with Crippen LogP contribution < -0.4 is 5.32 Å². The zero-order chi connectivity index (χ0) is 17.5. The number of amides is 1. The number of nitrogens with zero attached hydrogens (tertiary/aromatic N) is 3. The standard InChI is InChI=1S/C20H22N4O/c1-2-17(16-8-4-3-5-9-16)20(25)23-13-15-24-14-12-22-19(24)18-10-6-7-11-21-18/h3-12,14,17H,2,13,15H2,1H3,(H,23,25)/t17-/m1/s1. The lowest BCUT2D eigenvalue weighted by molar-refractivity contribution is -0.122. The lowest BCUT2D eigenvalue weighted by Crippen LogP contribution is -2.31. The molecular weight excluding hydrogens is 312 g/mol. The van der Waals surface area contributed by atoms with E-state index < -0.39 is 0 Å². The second kappa shape index (κ2) is 8.24. The molecule has 0 aliphatic carbocycles. The molecule has 1 N–H and O–H groups in total. The van der Waals surface area contributed by atoms with Crippen LogP contribution in [0.4, 0.5) is 0 Å². The molecule has 0 fully saturated rings. The predicted octanol–water partition coefficient (Wildman–Crippen LogP) is 3.26. The predicted molar refractivity (Wildman–Crippen MR) is 97.9 cm³/mol. The fourth-order valence-electron chi connectivity index (χ4n) is 2.90. The van der Waals surface area contributed by atoms with Crippen molar-refractivity contribution in [2.24, 2.45) is 0 Å². The molecule has 0 saturated heterocycles. The largest absolute Gasteiger partial charge is 0.354 e. The van der Waals surface area contributed by atoms with Crippen molar-refractivity contribution in [3.63, 3.8) is 0 Å². The van der Waals surface area contributed by atoms with E-state index in [2.05, 4.69) is 15.3 Å². The SMILES string of the molecule is CC[C@@H](C(=O)NCCn1ccnc1-c1ccccn1)c1ccccc1. The van der Waals surface area contributed by atoms with Gasteiger partial charge in [0.05, 0.1) is 5.92 Å². The second-order valence-corrected chi connectivity index (χ2v) is 5.82. The van der Waals surface area contributed by atoms with Gasteiger partial charge in [0.15, 0.2) is 5.82 Å². The van der Waals surface area contributed by atoms with Crippen molar-refractivity contribution in [2.45, 2.75) is 25.8 Å². The fraction of sp³-hybridized carbons (Fsp3) is 0.250. The Morgan fingerprint density at radius 3 is 2.60 bits per heavy atom. The highest BCUT2D eigenvalue weighted by atomic mass is 16.1. The summed E-state index contributed by atoms with van der Waals surface area (Å²) in [4.78, 5) is 21.2. The lowest BCUT2D eigenvalue weighted by Gasteiger charge is -2.16. The number of benzene rings is 1. The minimum atomic E-state index is -0.112. The smallest absolute Gasteiger partial charge is 0.227 e. The highest BCUT2D eigenvalue weighted by Gasteiger charge is 2.17. The number of rotatable bonds is 7. The van der Waals surface area contributed by atoms with Gasteiger partial charge in [-0.15, -0.1) is 0 Å². The summed E-state index contributed by atoms with van der Waals surface area (Å²) in [5.41, 5.74) is 1.88. The maximum absolute atomic E-state index is 12.5. The van der Waals surface area contributed by atoms with Crippen LogP contribution in [0.5, 0.6) is 0 Å². The van der Waals surface area contributed by atoms with Crippen LogP contribution in [0.1, 0.15) is 24.8 Å². The van der Waals surface area contributed by atoms with Gasteiger partial charge in [-0.1, -0.05) is 43.3 Å². The van der Waals surface area contributed by atoms with E-state index in [9.17, 15) is 4.79 Å². The summed E-state index contributed by atoms with van der Waals surface area (Å²) in [6, 6.07) is 15.7. The van der Waals surface area contributed by atoms with Crippen molar-refractivity contribution in [3.8, 4) is 11.5 Å². The van der Waals surface area contributed by atoms with E-state index in [1.54, 1.807) is 12.4 Å². The van der Waals surface area contributed by atoms with Crippen molar-refractivity contribution in [1.29, 1.82) is 0 Å². The normalized spacial score (nSPS) is 11.9. The van der Waals surface area contributed by atoms with Gasteiger partial charge in [-0.25, -0.2) is 4.98 Å². The summed E-state index contributed by atoms with van der Waals surface area (Å²) in [6.07, 6.45) is 6.19. The molecule has 1 aromatic carbocycles. The van der Waals surface area contributed by atoms with Gasteiger partial charge in [0.1, 0.15) is 5.69 Å². The third-order valence-electron chi connectivity index (χ3n) is 4.19. The molecule has 5 heteroatoms. The topological polar surface area (TPSA) is 59.8 Å². The lowest BCUT2D eigenvalue weighted by atomic mass is 9.96. The highest BCUT2D eigenvalue weighted by molar-refractivity contribution is 5.83. The number of carbonyl (C=O) groups is 1. The monoisotopic (exact) mass is 334 g/mol. The van der Waals surface area contributed by atoms with Crippen LogP contribution in [-0.2, 0) is 11.3 Å². The average Bonchev–Trinajstić information content (AvgIpc) is 3.12. The van der Waals surface area contributed by atoms with E-state index in [1.165, 1.54) is 0 Å². The molecule has 3 rings (SSSR count). The van der Waals surface area contributed by atoms with E-state index in [4.69, 9.17) is 0 Å². The quantitative estimate of drug-likeness (QED) is 0.721. The molecule has 128 valence electrons. The van der Waals surface area contributed by atoms with Crippen LogP contribution in [0.25, 0.3) is 11.5 Å². The number of pyridine rings is 1. The molecule has 5 nitrogen and oxygen atoms in total. The number of nitrogens with one attached hydrogen (secondary N) is 1. The van der Waals surface area contributed by atoms with E-state index >= 15 is 0 Å². The van der Waals surface area contributed by atoms with Crippen LogP contribution in [-0.4, -0.2) is 27.0 Å². The fourth-order valence-corrected chi connectivity index (χ4v) is 2.90. The first-order valence-corrected chi connectivity index (χ1v) is 8.54. The first-order valence-electron chi connectivity index (χ1n) is 8.54. The Labute approximate surface area is 147 Å². The summed E-state index contributed by atoms with van der Waals surface area (Å²) >= 11 is 0. The van der Waals surface area contributed by atoms with Gasteiger partial charge in [0, 0.05) is 31.7 Å². The third-order valence-corrected chi connectivity index (χ3v) is 4.19. The van der Waals surface area contributed by atoms with Crippen molar-refractivity contribution < 1.29 is 4.79 Å². The van der Waals surface area contributed by atoms with Gasteiger partial charge < -0.3 is 9.88 Å². The molecule has 1 atom stereocenters. The molecule has 0 unspecified atom stereocenters. The molecule has 25 heavy (non-hydrogen) atoms. The number of imidazole rings is 1. The molecule has 1 amide bonds. The Bertz CT molecular complexity index is 799. The van der Waals surface area contributed by atoms with Crippen LogP contribution in [0.15, 0.2) is 67.1 Å². The third kappa shape index (κ3) is 4.12. The van der Waals surface area contributed by atoms with Crippen molar-refractivity contribution in [2.75, 3.05) is 6.54 Å². The first-order chi connectivity index (χ1) is 12.3. The van der Waals surface area contributed by atoms with Crippen molar-refractivity contribution in [1.82, 2.24) is 19.9 Å². The van der Waals surface area contributed by atoms with Crippen molar-refractivity contribution >= 4 is 5.91 Å². The molecule has 0 spiro atoms. The molecule has 3 aromatic rings. The highest BCUT2D eigenvalue weighted by Crippen LogP contribution is 2.19. The summed E-state index contributed by atoms with van der Waals surface area (Å²) in [5.74, 6) is 0.761. The van der Waals surface area contributed by atoms with Crippen LogP contribution in [0.3, 0.4) is 0 Å². The maximum atomic E-state index is 12.5. The van der Waals surface area contributed by atoms with Crippen LogP contribution >= 0.6 is 0 Å². The number of aromatic nitrogens is 3. The van der Waals surface area contributed by atoms with E-state index in [-0.39, 0.29) is 11.8 Å². The van der Waals surface area contributed by atoms with E-state index in [0.717, 1.165) is 23.5 Å². The summed E-state index contributed by atoms with van der Waals surface area (Å²) < 4.78 is 2.01. The molecular formula is C20H22N4O. The zero-order valence-corrected chi connectivity index (χ0v) is 14.3. The molecule has 0 saturated carbocycles. The van der Waals surface area contributed by atoms with E-state index in [0.29, 0.717) is 13.1 Å². The van der Waals surface area contributed by atoms with Gasteiger partial charge in [0.2, 0.25) is 5.91 Å². The molecule has 2 aromatic heterocycles. The van der Waals surface area contributed by atoms with E-state index in [1.807, 2.05) is 66.2 Å². The second-order valence-electron chi connectivity index (χ2n) is 5.82. The van der Waals surface area contributed by atoms with Crippen molar-refractivity contribution in [3.05, 3.63) is 72.7 Å². The minimum absolute atomic E-state index is 0.0631. The summed E-state index contributed by atoms with van der Waals surface area (Å²) in [6.45, 7) is 3.24. The molecule has 0 aliphatic rings. The number of hydrogen-bond acceptors (Lipinski definition) is 3. The zero-order valence-electron chi connectivity index (χ0n) is 14.3. The minimum Gasteiger partial charge on any atom is -0.354 e. The van der Waals surface area contributed by atoms with Gasteiger partial charge in [-0.2, -0.15) is 0 Å². The first kappa shape index (κ1) is 16.9. The number of hydrogen-bond donors (Lipinski definition) is 1. The van der Waals surface area contributed by atoms with Gasteiger partial charge >= 0.3 is 0 Å².